The van der Waals surface area contributed by atoms with Gasteiger partial charge in [0.15, 0.2) is 0 Å². The Morgan fingerprint density at radius 2 is 2.05 bits per heavy atom. The fourth-order valence-corrected chi connectivity index (χ4v) is 3.16. The van der Waals surface area contributed by atoms with Crippen molar-refractivity contribution in [1.82, 2.24) is 10.2 Å². The van der Waals surface area contributed by atoms with Crippen molar-refractivity contribution < 1.29 is 0 Å². The first-order valence-corrected chi connectivity index (χ1v) is 8.13. The first kappa shape index (κ1) is 15.5. The van der Waals surface area contributed by atoms with Gasteiger partial charge in [-0.1, -0.05) is 45.0 Å². The third kappa shape index (κ3) is 3.83. The minimum Gasteiger partial charge on any atom is -0.311 e. The molecule has 1 fully saturated rings. The normalized spacial score (nSPS) is 24.2. The highest BCUT2D eigenvalue weighted by Crippen LogP contribution is 2.16. The molecule has 0 spiro atoms. The Kier molecular flexibility index (Phi) is 5.62. The third-order valence-corrected chi connectivity index (χ3v) is 4.77. The highest BCUT2D eigenvalue weighted by Gasteiger charge is 2.27. The lowest BCUT2D eigenvalue weighted by atomic mass is 9.97. The molecule has 0 aromatic heterocycles. The predicted octanol–water partition coefficient (Wildman–Crippen LogP) is 3.25. The summed E-state index contributed by atoms with van der Waals surface area (Å²) in [6.07, 6.45) is 2.42. The average Bonchev–Trinajstić information content (AvgIpc) is 2.46. The van der Waals surface area contributed by atoms with Crippen LogP contribution < -0.4 is 5.32 Å². The maximum atomic E-state index is 3.72. The summed E-state index contributed by atoms with van der Waals surface area (Å²) in [6.45, 7) is 12.7. The van der Waals surface area contributed by atoms with Gasteiger partial charge >= 0.3 is 0 Å². The Morgan fingerprint density at radius 1 is 1.30 bits per heavy atom. The van der Waals surface area contributed by atoms with Crippen molar-refractivity contribution >= 4 is 0 Å². The number of nitrogens with one attached hydrogen (secondary N) is 1. The molecule has 2 nitrogen and oxygen atoms in total. The van der Waals surface area contributed by atoms with Crippen LogP contribution in [0.3, 0.4) is 0 Å². The van der Waals surface area contributed by atoms with Gasteiger partial charge in [0, 0.05) is 31.7 Å². The zero-order chi connectivity index (χ0) is 14.5. The molecule has 1 heterocycles. The lowest BCUT2D eigenvalue weighted by Crippen LogP contribution is -2.58. The number of hydrogen-bond acceptors (Lipinski definition) is 2. The van der Waals surface area contributed by atoms with Crippen LogP contribution in [-0.2, 0) is 6.42 Å². The number of aryl methyl sites for hydroxylation is 1. The summed E-state index contributed by atoms with van der Waals surface area (Å²) in [7, 11) is 0. The second-order valence-corrected chi connectivity index (χ2v) is 6.49. The van der Waals surface area contributed by atoms with Crippen molar-refractivity contribution in [3.63, 3.8) is 0 Å². The van der Waals surface area contributed by atoms with E-state index in [1.54, 1.807) is 0 Å². The fourth-order valence-electron chi connectivity index (χ4n) is 3.16. The molecule has 1 aromatic rings. The Hall–Kier alpha value is -0.860. The van der Waals surface area contributed by atoms with Gasteiger partial charge in [0.1, 0.15) is 0 Å². The van der Waals surface area contributed by atoms with Crippen LogP contribution in [0.4, 0.5) is 0 Å². The van der Waals surface area contributed by atoms with Gasteiger partial charge in [-0.3, -0.25) is 4.90 Å². The molecule has 20 heavy (non-hydrogen) atoms. The summed E-state index contributed by atoms with van der Waals surface area (Å²) < 4.78 is 0. The highest BCUT2D eigenvalue weighted by atomic mass is 15.2. The molecule has 1 aliphatic heterocycles. The van der Waals surface area contributed by atoms with Crippen LogP contribution in [0.25, 0.3) is 0 Å². The smallest absolute Gasteiger partial charge is 0.0218 e. The van der Waals surface area contributed by atoms with E-state index in [4.69, 9.17) is 0 Å². The molecule has 0 bridgehead atoms. The molecule has 112 valence electrons. The summed E-state index contributed by atoms with van der Waals surface area (Å²) in [6, 6.07) is 10.1. The third-order valence-electron chi connectivity index (χ3n) is 4.77. The van der Waals surface area contributed by atoms with Crippen molar-refractivity contribution in [2.24, 2.45) is 5.92 Å². The lowest BCUT2D eigenvalue weighted by Gasteiger charge is -2.41. The van der Waals surface area contributed by atoms with E-state index in [1.165, 1.54) is 37.1 Å². The summed E-state index contributed by atoms with van der Waals surface area (Å²) in [5, 5.41) is 3.72. The highest BCUT2D eigenvalue weighted by molar-refractivity contribution is 5.25. The first-order chi connectivity index (χ1) is 9.61. The van der Waals surface area contributed by atoms with Gasteiger partial charge in [-0.25, -0.2) is 0 Å². The molecule has 1 N–H and O–H groups in total. The second kappa shape index (κ2) is 7.24. The molecule has 2 rings (SSSR count). The Bertz CT molecular complexity index is 414. The van der Waals surface area contributed by atoms with E-state index in [1.807, 2.05) is 0 Å². The predicted molar refractivity (Wildman–Crippen MR) is 87.2 cm³/mol. The summed E-state index contributed by atoms with van der Waals surface area (Å²) in [4.78, 5) is 2.70. The first-order valence-electron chi connectivity index (χ1n) is 8.13. The topological polar surface area (TPSA) is 15.3 Å². The Labute approximate surface area is 124 Å². The van der Waals surface area contributed by atoms with Crippen LogP contribution in [0.2, 0.25) is 0 Å². The summed E-state index contributed by atoms with van der Waals surface area (Å²) >= 11 is 0. The van der Waals surface area contributed by atoms with Crippen LogP contribution in [0.5, 0.6) is 0 Å². The van der Waals surface area contributed by atoms with Crippen molar-refractivity contribution in [2.75, 3.05) is 19.6 Å². The standard InChI is InChI=1S/C18H30N2/c1-5-17-12-19-18(14(2)3)13-20(17)11-10-16-9-7-6-8-15(16)4/h6-9,14,17-19H,5,10-13H2,1-4H3. The van der Waals surface area contributed by atoms with Crippen molar-refractivity contribution in [2.45, 2.75) is 52.6 Å². The quantitative estimate of drug-likeness (QED) is 0.886. The molecular formula is C18H30N2. The van der Waals surface area contributed by atoms with Gasteiger partial charge in [0.25, 0.3) is 0 Å². The molecule has 1 aliphatic rings. The van der Waals surface area contributed by atoms with Crippen LogP contribution in [-0.4, -0.2) is 36.6 Å². The van der Waals surface area contributed by atoms with E-state index in [9.17, 15) is 0 Å². The van der Waals surface area contributed by atoms with Crippen LogP contribution in [0, 0.1) is 12.8 Å². The number of hydrogen-bond donors (Lipinski definition) is 1. The molecule has 2 heteroatoms. The van der Waals surface area contributed by atoms with Gasteiger partial charge in [-0.15, -0.1) is 0 Å². The van der Waals surface area contributed by atoms with Gasteiger partial charge in [-0.05, 0) is 36.8 Å². The van der Waals surface area contributed by atoms with Gasteiger partial charge < -0.3 is 5.32 Å². The fraction of sp³-hybridized carbons (Fsp3) is 0.667. The molecule has 2 unspecified atom stereocenters. The number of nitrogens with zero attached hydrogens (tertiary/aromatic N) is 1. The second-order valence-electron chi connectivity index (χ2n) is 6.49. The lowest BCUT2D eigenvalue weighted by molar-refractivity contribution is 0.112. The minimum atomic E-state index is 0.648. The average molecular weight is 274 g/mol. The molecule has 2 atom stereocenters. The number of benzene rings is 1. The van der Waals surface area contributed by atoms with E-state index >= 15 is 0 Å². The summed E-state index contributed by atoms with van der Waals surface area (Å²) in [5.41, 5.74) is 2.93. The zero-order valence-electron chi connectivity index (χ0n) is 13.5. The van der Waals surface area contributed by atoms with E-state index < -0.39 is 0 Å². The van der Waals surface area contributed by atoms with E-state index in [0.29, 0.717) is 18.0 Å². The van der Waals surface area contributed by atoms with Gasteiger partial charge in [0.2, 0.25) is 0 Å². The molecule has 0 amide bonds. The van der Waals surface area contributed by atoms with Crippen LogP contribution >= 0.6 is 0 Å². The van der Waals surface area contributed by atoms with E-state index in [0.717, 1.165) is 6.54 Å². The zero-order valence-corrected chi connectivity index (χ0v) is 13.5. The molecule has 0 saturated carbocycles. The molecular weight excluding hydrogens is 244 g/mol. The molecule has 0 radical (unpaired) electrons. The molecule has 1 saturated heterocycles. The van der Waals surface area contributed by atoms with E-state index in [2.05, 4.69) is 62.2 Å². The maximum absolute atomic E-state index is 3.72. The largest absolute Gasteiger partial charge is 0.311 e. The van der Waals surface area contributed by atoms with E-state index in [-0.39, 0.29) is 0 Å². The molecule has 1 aromatic carbocycles. The van der Waals surface area contributed by atoms with Crippen molar-refractivity contribution in [3.8, 4) is 0 Å². The van der Waals surface area contributed by atoms with Gasteiger partial charge in [-0.2, -0.15) is 0 Å². The number of piperazine rings is 1. The van der Waals surface area contributed by atoms with Crippen molar-refractivity contribution in [3.05, 3.63) is 35.4 Å². The van der Waals surface area contributed by atoms with Crippen molar-refractivity contribution in [1.29, 1.82) is 0 Å². The Morgan fingerprint density at radius 3 is 2.70 bits per heavy atom. The summed E-state index contributed by atoms with van der Waals surface area (Å²) in [5.74, 6) is 0.716. The van der Waals surface area contributed by atoms with Crippen LogP contribution in [0.1, 0.15) is 38.3 Å². The monoisotopic (exact) mass is 274 g/mol. The SMILES string of the molecule is CCC1CNC(C(C)C)CN1CCc1ccccc1C. The van der Waals surface area contributed by atoms with Crippen LogP contribution in [0.15, 0.2) is 24.3 Å². The minimum absolute atomic E-state index is 0.648. The maximum Gasteiger partial charge on any atom is 0.0218 e. The molecule has 0 aliphatic carbocycles. The Balaban J connectivity index is 1.96. The number of rotatable bonds is 5. The van der Waals surface area contributed by atoms with Gasteiger partial charge in [0.05, 0.1) is 0 Å².